The topological polar surface area (TPSA) is 9.23 Å². The summed E-state index contributed by atoms with van der Waals surface area (Å²) < 4.78 is 6.05. The van der Waals surface area contributed by atoms with E-state index in [-0.39, 0.29) is 0 Å². The van der Waals surface area contributed by atoms with Crippen LogP contribution in [-0.2, 0) is 4.43 Å². The van der Waals surface area contributed by atoms with E-state index in [2.05, 4.69) is 56.9 Å². The standard InChI is InChI=1S/C13H20OSSi/c1-5-9-13(14-16(2,3)4)15-12-10-7-6-8-11-12/h6-11H,5H2,1-4H3/b13-9-. The fourth-order valence-corrected chi connectivity index (χ4v) is 3.56. The maximum Gasteiger partial charge on any atom is 0.242 e. The highest BCUT2D eigenvalue weighted by Crippen LogP contribution is 2.29. The Hall–Kier alpha value is -0.673. The number of hydrogen-bond acceptors (Lipinski definition) is 2. The lowest BCUT2D eigenvalue weighted by molar-refractivity contribution is 0.461. The summed E-state index contributed by atoms with van der Waals surface area (Å²) in [5.41, 5.74) is 0. The average molecular weight is 252 g/mol. The van der Waals surface area contributed by atoms with Gasteiger partial charge in [-0.25, -0.2) is 0 Å². The van der Waals surface area contributed by atoms with Crippen molar-refractivity contribution in [2.75, 3.05) is 0 Å². The van der Waals surface area contributed by atoms with Gasteiger partial charge in [-0.05, 0) is 44.3 Å². The monoisotopic (exact) mass is 252 g/mol. The first-order valence-electron chi connectivity index (χ1n) is 5.63. The van der Waals surface area contributed by atoms with Crippen molar-refractivity contribution < 1.29 is 4.43 Å². The van der Waals surface area contributed by atoms with Crippen LogP contribution in [0.2, 0.25) is 19.6 Å². The van der Waals surface area contributed by atoms with E-state index in [1.165, 1.54) is 4.90 Å². The predicted octanol–water partition coefficient (Wildman–Crippen LogP) is 4.88. The highest BCUT2D eigenvalue weighted by molar-refractivity contribution is 8.03. The Morgan fingerprint density at radius 1 is 1.25 bits per heavy atom. The van der Waals surface area contributed by atoms with Gasteiger partial charge in [0.2, 0.25) is 8.32 Å². The van der Waals surface area contributed by atoms with E-state index in [9.17, 15) is 0 Å². The number of thioether (sulfide) groups is 1. The molecule has 0 radical (unpaired) electrons. The lowest BCUT2D eigenvalue weighted by Gasteiger charge is -2.21. The van der Waals surface area contributed by atoms with E-state index >= 15 is 0 Å². The number of hydrogen-bond donors (Lipinski definition) is 0. The van der Waals surface area contributed by atoms with Crippen molar-refractivity contribution in [3.8, 4) is 0 Å². The Morgan fingerprint density at radius 3 is 2.38 bits per heavy atom. The second-order valence-electron chi connectivity index (χ2n) is 4.56. The third-order valence-electron chi connectivity index (χ3n) is 1.74. The SMILES string of the molecule is CC/C=C(/O[Si](C)(C)C)Sc1ccccc1. The summed E-state index contributed by atoms with van der Waals surface area (Å²) in [5, 5.41) is 1.05. The maximum atomic E-state index is 6.05. The molecule has 0 aliphatic rings. The van der Waals surface area contributed by atoms with Crippen molar-refractivity contribution in [2.24, 2.45) is 0 Å². The van der Waals surface area contributed by atoms with Gasteiger partial charge >= 0.3 is 0 Å². The lowest BCUT2D eigenvalue weighted by Crippen LogP contribution is -2.24. The molecule has 3 heteroatoms. The molecular weight excluding hydrogens is 232 g/mol. The Balaban J connectivity index is 2.70. The molecule has 0 saturated heterocycles. The average Bonchev–Trinajstić information content (AvgIpc) is 2.17. The van der Waals surface area contributed by atoms with E-state index in [1.54, 1.807) is 11.8 Å². The molecule has 1 rings (SSSR count). The minimum absolute atomic E-state index is 1.01. The maximum absolute atomic E-state index is 6.05. The number of allylic oxidation sites excluding steroid dienone is 1. The molecule has 16 heavy (non-hydrogen) atoms. The molecule has 0 spiro atoms. The predicted molar refractivity (Wildman–Crippen MR) is 75.1 cm³/mol. The molecule has 0 bridgehead atoms. The highest BCUT2D eigenvalue weighted by atomic mass is 32.2. The molecule has 0 saturated carbocycles. The van der Waals surface area contributed by atoms with Crippen molar-refractivity contribution in [1.29, 1.82) is 0 Å². The normalized spacial score (nSPS) is 12.6. The highest BCUT2D eigenvalue weighted by Gasteiger charge is 2.18. The van der Waals surface area contributed by atoms with Gasteiger partial charge in [0, 0.05) is 4.90 Å². The molecule has 0 heterocycles. The minimum Gasteiger partial charge on any atom is -0.540 e. The Morgan fingerprint density at radius 2 is 1.88 bits per heavy atom. The van der Waals surface area contributed by atoms with Crippen molar-refractivity contribution in [1.82, 2.24) is 0 Å². The summed E-state index contributed by atoms with van der Waals surface area (Å²) in [5.74, 6) is 0. The van der Waals surface area contributed by atoms with Crippen molar-refractivity contribution in [3.63, 3.8) is 0 Å². The van der Waals surface area contributed by atoms with E-state index in [0.29, 0.717) is 0 Å². The van der Waals surface area contributed by atoms with Crippen LogP contribution in [0.25, 0.3) is 0 Å². The molecule has 0 aliphatic heterocycles. The largest absolute Gasteiger partial charge is 0.540 e. The lowest BCUT2D eigenvalue weighted by atomic mass is 10.4. The summed E-state index contributed by atoms with van der Waals surface area (Å²) >= 11 is 1.71. The molecule has 1 aromatic rings. The van der Waals surface area contributed by atoms with E-state index < -0.39 is 8.32 Å². The van der Waals surface area contributed by atoms with Crippen molar-refractivity contribution in [2.45, 2.75) is 37.9 Å². The molecule has 0 atom stereocenters. The molecule has 1 nitrogen and oxygen atoms in total. The third kappa shape index (κ3) is 5.42. The van der Waals surface area contributed by atoms with Gasteiger partial charge in [0.1, 0.15) is 5.09 Å². The Bertz CT molecular complexity index is 341. The van der Waals surface area contributed by atoms with Crippen LogP contribution in [0.4, 0.5) is 0 Å². The molecule has 0 fully saturated rings. The second-order valence-corrected chi connectivity index (χ2v) is 10.1. The summed E-state index contributed by atoms with van der Waals surface area (Å²) in [6.07, 6.45) is 3.18. The van der Waals surface area contributed by atoms with Gasteiger partial charge < -0.3 is 4.43 Å². The van der Waals surface area contributed by atoms with Gasteiger partial charge in [0.25, 0.3) is 0 Å². The first-order chi connectivity index (χ1) is 7.51. The van der Waals surface area contributed by atoms with Crippen LogP contribution in [0.3, 0.4) is 0 Å². The van der Waals surface area contributed by atoms with Crippen LogP contribution in [0.15, 0.2) is 46.4 Å². The molecule has 0 unspecified atom stereocenters. The molecule has 88 valence electrons. The van der Waals surface area contributed by atoms with Gasteiger partial charge in [-0.2, -0.15) is 0 Å². The van der Waals surface area contributed by atoms with Crippen LogP contribution in [0.5, 0.6) is 0 Å². The fraction of sp³-hybridized carbons (Fsp3) is 0.385. The van der Waals surface area contributed by atoms with E-state index in [4.69, 9.17) is 4.43 Å². The van der Waals surface area contributed by atoms with Crippen LogP contribution in [0, 0.1) is 0 Å². The molecular formula is C13H20OSSi. The zero-order valence-electron chi connectivity index (χ0n) is 10.5. The van der Waals surface area contributed by atoms with Crippen LogP contribution in [-0.4, -0.2) is 8.32 Å². The Kier molecular flexibility index (Phi) is 5.15. The molecule has 1 aromatic carbocycles. The molecule has 0 aliphatic carbocycles. The minimum atomic E-state index is -1.50. The second kappa shape index (κ2) is 6.16. The summed E-state index contributed by atoms with van der Waals surface area (Å²) in [6.45, 7) is 8.77. The smallest absolute Gasteiger partial charge is 0.242 e. The fourth-order valence-electron chi connectivity index (χ4n) is 1.18. The zero-order chi connectivity index (χ0) is 12.0. The van der Waals surface area contributed by atoms with Gasteiger partial charge in [-0.1, -0.05) is 36.9 Å². The van der Waals surface area contributed by atoms with E-state index in [1.807, 2.05) is 6.07 Å². The van der Waals surface area contributed by atoms with Gasteiger partial charge in [0.05, 0.1) is 0 Å². The van der Waals surface area contributed by atoms with Gasteiger partial charge in [-0.3, -0.25) is 0 Å². The number of benzene rings is 1. The summed E-state index contributed by atoms with van der Waals surface area (Å²) in [7, 11) is -1.50. The molecule has 0 aromatic heterocycles. The first-order valence-corrected chi connectivity index (χ1v) is 9.86. The van der Waals surface area contributed by atoms with Crippen LogP contribution < -0.4 is 0 Å². The molecule has 0 amide bonds. The van der Waals surface area contributed by atoms with Crippen molar-refractivity contribution in [3.05, 3.63) is 41.5 Å². The van der Waals surface area contributed by atoms with Crippen LogP contribution >= 0.6 is 11.8 Å². The van der Waals surface area contributed by atoms with Gasteiger partial charge in [0.15, 0.2) is 0 Å². The van der Waals surface area contributed by atoms with Gasteiger partial charge in [-0.15, -0.1) is 0 Å². The number of rotatable bonds is 5. The van der Waals surface area contributed by atoms with Crippen molar-refractivity contribution >= 4 is 20.1 Å². The zero-order valence-corrected chi connectivity index (χ0v) is 12.3. The van der Waals surface area contributed by atoms with E-state index in [0.717, 1.165) is 11.5 Å². The first kappa shape index (κ1) is 13.4. The Labute approximate surface area is 104 Å². The summed E-state index contributed by atoms with van der Waals surface area (Å²) in [6, 6.07) is 10.4. The quantitative estimate of drug-likeness (QED) is 0.419. The third-order valence-corrected chi connectivity index (χ3v) is 3.68. The summed E-state index contributed by atoms with van der Waals surface area (Å²) in [4.78, 5) is 1.24. The van der Waals surface area contributed by atoms with Crippen LogP contribution in [0.1, 0.15) is 13.3 Å². The molecule has 0 N–H and O–H groups in total.